The Balaban J connectivity index is 2.35. The molecule has 0 amide bonds. The lowest BCUT2D eigenvalue weighted by molar-refractivity contribution is 0.0610. The second-order valence-corrected chi connectivity index (χ2v) is 3.90. The first-order chi connectivity index (χ1) is 5.20. The van der Waals surface area contributed by atoms with Gasteiger partial charge >= 0.3 is 0 Å². The third kappa shape index (κ3) is 2.17. The van der Waals surface area contributed by atoms with E-state index in [0.29, 0.717) is 6.61 Å². The molecule has 1 aliphatic heterocycles. The third-order valence-corrected chi connectivity index (χ3v) is 2.89. The molecular weight excluding hydrogens is 138 g/mol. The van der Waals surface area contributed by atoms with Crippen LogP contribution in [0.1, 0.15) is 26.7 Å². The molecule has 0 aliphatic carbocycles. The molecule has 1 heterocycles. The standard InChI is InChI=1S/C9H19NO/c1-3-10-6-4-9(2,8-11)5-7-10/h11H,3-8H2,1-2H3. The average Bonchev–Trinajstić information content (AvgIpc) is 2.06. The van der Waals surface area contributed by atoms with Crippen LogP contribution in [0.2, 0.25) is 0 Å². The topological polar surface area (TPSA) is 23.5 Å². The molecule has 0 saturated carbocycles. The number of likely N-dealkylation sites (tertiary alicyclic amines) is 1. The van der Waals surface area contributed by atoms with Crippen LogP contribution in [-0.4, -0.2) is 36.2 Å². The Morgan fingerprint density at radius 2 is 1.91 bits per heavy atom. The van der Waals surface area contributed by atoms with Crippen LogP contribution in [0, 0.1) is 5.41 Å². The normalized spacial score (nSPS) is 25.4. The van der Waals surface area contributed by atoms with Crippen LogP contribution >= 0.6 is 0 Å². The first-order valence-corrected chi connectivity index (χ1v) is 4.53. The second kappa shape index (κ2) is 3.55. The molecule has 2 nitrogen and oxygen atoms in total. The highest BCUT2D eigenvalue weighted by atomic mass is 16.3. The Morgan fingerprint density at radius 3 is 2.27 bits per heavy atom. The van der Waals surface area contributed by atoms with E-state index in [-0.39, 0.29) is 5.41 Å². The second-order valence-electron chi connectivity index (χ2n) is 3.90. The van der Waals surface area contributed by atoms with Crippen molar-refractivity contribution in [1.82, 2.24) is 4.90 Å². The van der Waals surface area contributed by atoms with Gasteiger partial charge in [0.1, 0.15) is 0 Å². The number of aliphatic hydroxyl groups is 1. The summed E-state index contributed by atoms with van der Waals surface area (Å²) in [4.78, 5) is 2.44. The minimum Gasteiger partial charge on any atom is -0.396 e. The fourth-order valence-electron chi connectivity index (χ4n) is 1.57. The molecule has 11 heavy (non-hydrogen) atoms. The van der Waals surface area contributed by atoms with Crippen LogP contribution in [0.4, 0.5) is 0 Å². The van der Waals surface area contributed by atoms with Crippen molar-refractivity contribution in [2.24, 2.45) is 5.41 Å². The van der Waals surface area contributed by atoms with Crippen LogP contribution < -0.4 is 0 Å². The third-order valence-electron chi connectivity index (χ3n) is 2.89. The van der Waals surface area contributed by atoms with Gasteiger partial charge in [0.05, 0.1) is 0 Å². The van der Waals surface area contributed by atoms with Gasteiger partial charge in [0, 0.05) is 6.61 Å². The van der Waals surface area contributed by atoms with Crippen LogP contribution in [-0.2, 0) is 0 Å². The molecule has 0 spiro atoms. The van der Waals surface area contributed by atoms with Crippen molar-refractivity contribution in [3.63, 3.8) is 0 Å². The largest absolute Gasteiger partial charge is 0.396 e. The number of piperidine rings is 1. The van der Waals surface area contributed by atoms with Gasteiger partial charge in [0.2, 0.25) is 0 Å². The van der Waals surface area contributed by atoms with Crippen LogP contribution in [0.15, 0.2) is 0 Å². The number of aliphatic hydroxyl groups excluding tert-OH is 1. The molecule has 1 N–H and O–H groups in total. The summed E-state index contributed by atoms with van der Waals surface area (Å²) in [6.45, 7) is 8.20. The molecule has 0 atom stereocenters. The van der Waals surface area contributed by atoms with Crippen molar-refractivity contribution in [2.45, 2.75) is 26.7 Å². The van der Waals surface area contributed by atoms with Crippen molar-refractivity contribution < 1.29 is 5.11 Å². The van der Waals surface area contributed by atoms with Crippen molar-refractivity contribution in [2.75, 3.05) is 26.2 Å². The minimum atomic E-state index is 0.214. The highest BCUT2D eigenvalue weighted by Crippen LogP contribution is 2.29. The predicted molar refractivity (Wildman–Crippen MR) is 46.5 cm³/mol. The molecule has 0 aromatic rings. The van der Waals surface area contributed by atoms with Gasteiger partial charge in [0.25, 0.3) is 0 Å². The van der Waals surface area contributed by atoms with Gasteiger partial charge in [-0.05, 0) is 37.9 Å². The summed E-state index contributed by atoms with van der Waals surface area (Å²) in [7, 11) is 0. The van der Waals surface area contributed by atoms with E-state index in [4.69, 9.17) is 5.11 Å². The van der Waals surface area contributed by atoms with E-state index in [1.807, 2.05) is 0 Å². The zero-order valence-corrected chi connectivity index (χ0v) is 7.64. The molecule has 0 aromatic carbocycles. The van der Waals surface area contributed by atoms with Crippen molar-refractivity contribution in [1.29, 1.82) is 0 Å². The average molecular weight is 157 g/mol. The monoisotopic (exact) mass is 157 g/mol. The van der Waals surface area contributed by atoms with Crippen molar-refractivity contribution in [3.8, 4) is 0 Å². The van der Waals surface area contributed by atoms with E-state index >= 15 is 0 Å². The molecular formula is C9H19NO. The lowest BCUT2D eigenvalue weighted by atomic mass is 9.81. The van der Waals surface area contributed by atoms with Gasteiger partial charge in [-0.15, -0.1) is 0 Å². The molecule has 2 heteroatoms. The maximum Gasteiger partial charge on any atom is 0.0485 e. The van der Waals surface area contributed by atoms with Crippen LogP contribution in [0.5, 0.6) is 0 Å². The summed E-state index contributed by atoms with van der Waals surface area (Å²) in [6, 6.07) is 0. The van der Waals surface area contributed by atoms with Crippen LogP contribution in [0.25, 0.3) is 0 Å². The smallest absolute Gasteiger partial charge is 0.0485 e. The highest BCUT2D eigenvalue weighted by Gasteiger charge is 2.28. The number of hydrogen-bond acceptors (Lipinski definition) is 2. The molecule has 0 radical (unpaired) electrons. The predicted octanol–water partition coefficient (Wildman–Crippen LogP) is 1.10. The summed E-state index contributed by atoms with van der Waals surface area (Å²) in [5.74, 6) is 0. The zero-order chi connectivity index (χ0) is 8.32. The van der Waals surface area contributed by atoms with Gasteiger partial charge in [-0.3, -0.25) is 0 Å². The lowest BCUT2D eigenvalue weighted by Gasteiger charge is -2.37. The Kier molecular flexibility index (Phi) is 2.90. The molecule has 0 unspecified atom stereocenters. The number of nitrogens with zero attached hydrogens (tertiary/aromatic N) is 1. The van der Waals surface area contributed by atoms with E-state index in [1.165, 1.54) is 0 Å². The molecule has 1 aliphatic rings. The summed E-state index contributed by atoms with van der Waals surface area (Å²) >= 11 is 0. The summed E-state index contributed by atoms with van der Waals surface area (Å²) in [5, 5.41) is 9.09. The Bertz CT molecular complexity index is 117. The van der Waals surface area contributed by atoms with E-state index in [9.17, 15) is 0 Å². The van der Waals surface area contributed by atoms with Gasteiger partial charge in [0.15, 0.2) is 0 Å². The Labute approximate surface area is 69.2 Å². The summed E-state index contributed by atoms with van der Waals surface area (Å²) < 4.78 is 0. The van der Waals surface area contributed by atoms with Gasteiger partial charge in [-0.1, -0.05) is 13.8 Å². The maximum absolute atomic E-state index is 9.09. The highest BCUT2D eigenvalue weighted by molar-refractivity contribution is 4.80. The fourth-order valence-corrected chi connectivity index (χ4v) is 1.57. The molecule has 0 bridgehead atoms. The summed E-state index contributed by atoms with van der Waals surface area (Å²) in [5.41, 5.74) is 0.214. The molecule has 66 valence electrons. The molecule has 1 fully saturated rings. The Morgan fingerprint density at radius 1 is 1.36 bits per heavy atom. The quantitative estimate of drug-likeness (QED) is 0.649. The number of hydrogen-bond donors (Lipinski definition) is 1. The van der Waals surface area contributed by atoms with E-state index in [2.05, 4.69) is 18.7 Å². The number of rotatable bonds is 2. The lowest BCUT2D eigenvalue weighted by Crippen LogP contribution is -2.40. The fraction of sp³-hybridized carbons (Fsp3) is 1.00. The van der Waals surface area contributed by atoms with Gasteiger partial charge in [-0.2, -0.15) is 0 Å². The van der Waals surface area contributed by atoms with E-state index < -0.39 is 0 Å². The van der Waals surface area contributed by atoms with Gasteiger partial charge < -0.3 is 10.0 Å². The van der Waals surface area contributed by atoms with Gasteiger partial charge in [-0.25, -0.2) is 0 Å². The maximum atomic E-state index is 9.09. The minimum absolute atomic E-state index is 0.214. The zero-order valence-electron chi connectivity index (χ0n) is 7.64. The Hall–Kier alpha value is -0.0800. The SMILES string of the molecule is CCN1CCC(C)(CO)CC1. The molecule has 0 aromatic heterocycles. The van der Waals surface area contributed by atoms with Crippen molar-refractivity contribution in [3.05, 3.63) is 0 Å². The summed E-state index contributed by atoms with van der Waals surface area (Å²) in [6.07, 6.45) is 2.30. The van der Waals surface area contributed by atoms with E-state index in [1.54, 1.807) is 0 Å². The van der Waals surface area contributed by atoms with E-state index in [0.717, 1.165) is 32.5 Å². The molecule has 1 rings (SSSR count). The van der Waals surface area contributed by atoms with Crippen molar-refractivity contribution >= 4 is 0 Å². The van der Waals surface area contributed by atoms with Crippen LogP contribution in [0.3, 0.4) is 0 Å². The first-order valence-electron chi connectivity index (χ1n) is 4.53. The molecule has 1 saturated heterocycles. The first kappa shape index (κ1) is 9.01.